The average molecular weight is 570 g/mol. The van der Waals surface area contributed by atoms with Gasteiger partial charge in [0, 0.05) is 36.0 Å². The lowest BCUT2D eigenvalue weighted by atomic mass is 10.1. The first-order valence-electron chi connectivity index (χ1n) is 13.1. The van der Waals surface area contributed by atoms with Crippen LogP contribution >= 0.6 is 11.6 Å². The van der Waals surface area contributed by atoms with E-state index in [0.717, 1.165) is 17.7 Å². The Morgan fingerprint density at radius 1 is 1.17 bits per heavy atom. The summed E-state index contributed by atoms with van der Waals surface area (Å²) in [5.74, 6) is 0.674. The number of hydrogen-bond acceptors (Lipinski definition) is 8. The van der Waals surface area contributed by atoms with E-state index < -0.39 is 0 Å². The Hall–Kier alpha value is -4.65. The van der Waals surface area contributed by atoms with Crippen molar-refractivity contribution in [3.05, 3.63) is 88.9 Å². The molecule has 1 aliphatic heterocycles. The van der Waals surface area contributed by atoms with Gasteiger partial charge in [0.25, 0.3) is 0 Å². The molecule has 0 spiro atoms. The zero-order valence-electron chi connectivity index (χ0n) is 22.6. The summed E-state index contributed by atoms with van der Waals surface area (Å²) in [6.45, 7) is 5.05. The smallest absolute Gasteiger partial charge is 0.248 e. The van der Waals surface area contributed by atoms with E-state index in [-0.39, 0.29) is 18.6 Å². The number of amides is 1. The first-order valence-corrected chi connectivity index (χ1v) is 13.4. The van der Waals surface area contributed by atoms with E-state index in [0.29, 0.717) is 63.3 Å². The molecule has 5 rings (SSSR count). The topological polar surface area (TPSA) is 118 Å². The second-order valence-corrected chi connectivity index (χ2v) is 10.1. The van der Waals surface area contributed by atoms with Crippen molar-refractivity contribution in [2.75, 3.05) is 23.8 Å². The molecule has 2 aromatic heterocycles. The number of hydrogen-bond donors (Lipinski definition) is 2. The number of allylic oxidation sites excluding steroid dienone is 1. The van der Waals surface area contributed by atoms with Gasteiger partial charge in [-0.05, 0) is 56.3 Å². The lowest BCUT2D eigenvalue weighted by molar-refractivity contribution is -0.112. The third kappa shape index (κ3) is 6.74. The van der Waals surface area contributed by atoms with Gasteiger partial charge < -0.3 is 24.8 Å². The number of pyridine rings is 2. The van der Waals surface area contributed by atoms with Crippen molar-refractivity contribution in [3.8, 4) is 17.6 Å². The Bertz CT molecular complexity index is 1640. The predicted molar refractivity (Wildman–Crippen MR) is 158 cm³/mol. The normalized spacial score (nSPS) is 14.2. The molecule has 1 saturated heterocycles. The van der Waals surface area contributed by atoms with Gasteiger partial charge in [0.15, 0.2) is 0 Å². The van der Waals surface area contributed by atoms with Crippen LogP contribution in [0.3, 0.4) is 0 Å². The summed E-state index contributed by atoms with van der Waals surface area (Å²) in [7, 11) is 0. The van der Waals surface area contributed by atoms with Crippen LogP contribution in [0.25, 0.3) is 10.9 Å². The van der Waals surface area contributed by atoms with Crippen LogP contribution in [0.4, 0.5) is 17.1 Å². The Balaban J connectivity index is 1.49. The van der Waals surface area contributed by atoms with Crippen molar-refractivity contribution >= 4 is 45.5 Å². The molecule has 4 aromatic rings. The van der Waals surface area contributed by atoms with Gasteiger partial charge in [-0.1, -0.05) is 23.2 Å². The number of nitrogens with zero attached hydrogens (tertiary/aromatic N) is 3. The zero-order chi connectivity index (χ0) is 28.8. The molecule has 41 heavy (non-hydrogen) atoms. The Kier molecular flexibility index (Phi) is 8.63. The summed E-state index contributed by atoms with van der Waals surface area (Å²) in [6.07, 6.45) is 5.28. The van der Waals surface area contributed by atoms with Crippen LogP contribution in [-0.2, 0) is 16.1 Å². The van der Waals surface area contributed by atoms with Crippen molar-refractivity contribution in [3.63, 3.8) is 0 Å². The van der Waals surface area contributed by atoms with Gasteiger partial charge >= 0.3 is 0 Å². The van der Waals surface area contributed by atoms with Crippen molar-refractivity contribution in [2.24, 2.45) is 0 Å². The SMILES string of the molecule is CC(C)=CC(=O)Nc1c(OC2CCOC2)ccc2c(Nc3ccc(OCc4ccccn4)c(Cl)c3)c(C#N)cnc12. The van der Waals surface area contributed by atoms with Crippen LogP contribution in [0, 0.1) is 11.3 Å². The van der Waals surface area contributed by atoms with Crippen molar-refractivity contribution in [1.82, 2.24) is 9.97 Å². The number of halogens is 1. The number of ether oxygens (including phenoxy) is 3. The number of fused-ring (bicyclic) bond motifs is 1. The Labute approximate surface area is 242 Å². The van der Waals surface area contributed by atoms with Crippen LogP contribution in [0.2, 0.25) is 5.02 Å². The summed E-state index contributed by atoms with van der Waals surface area (Å²) in [6, 6.07) is 16.7. The number of carbonyl (C=O) groups excluding carboxylic acids is 1. The summed E-state index contributed by atoms with van der Waals surface area (Å²) in [5.41, 5.74) is 4.00. The highest BCUT2D eigenvalue weighted by Gasteiger charge is 2.22. The Morgan fingerprint density at radius 3 is 2.73 bits per heavy atom. The highest BCUT2D eigenvalue weighted by atomic mass is 35.5. The van der Waals surface area contributed by atoms with Gasteiger partial charge in [-0.25, -0.2) is 0 Å². The number of rotatable bonds is 9. The lowest BCUT2D eigenvalue weighted by Crippen LogP contribution is -2.18. The molecule has 208 valence electrons. The van der Waals surface area contributed by atoms with Gasteiger partial charge in [-0.15, -0.1) is 0 Å². The second-order valence-electron chi connectivity index (χ2n) is 9.69. The third-order valence-corrected chi connectivity index (χ3v) is 6.57. The van der Waals surface area contributed by atoms with Gasteiger partial charge in [-0.2, -0.15) is 5.26 Å². The second kappa shape index (κ2) is 12.7. The minimum Gasteiger partial charge on any atom is -0.486 e. The molecule has 2 N–H and O–H groups in total. The molecule has 1 unspecified atom stereocenters. The molecule has 10 heteroatoms. The molecule has 0 radical (unpaired) electrons. The van der Waals surface area contributed by atoms with Crippen molar-refractivity contribution in [2.45, 2.75) is 33.0 Å². The van der Waals surface area contributed by atoms with E-state index >= 15 is 0 Å². The fraction of sp³-hybridized carbons (Fsp3) is 0.226. The molecule has 3 heterocycles. The molecule has 1 aliphatic rings. The van der Waals surface area contributed by atoms with E-state index in [2.05, 4.69) is 26.7 Å². The molecule has 0 saturated carbocycles. The quantitative estimate of drug-likeness (QED) is 0.218. The zero-order valence-corrected chi connectivity index (χ0v) is 23.4. The number of nitriles is 1. The van der Waals surface area contributed by atoms with Gasteiger partial charge in [0.2, 0.25) is 5.91 Å². The minimum absolute atomic E-state index is 0.136. The van der Waals surface area contributed by atoms with Crippen molar-refractivity contribution in [1.29, 1.82) is 5.26 Å². The van der Waals surface area contributed by atoms with Gasteiger partial charge in [0.1, 0.15) is 36.0 Å². The summed E-state index contributed by atoms with van der Waals surface area (Å²) < 4.78 is 17.5. The number of nitrogens with one attached hydrogen (secondary N) is 2. The van der Waals surface area contributed by atoms with Crippen LogP contribution in [-0.4, -0.2) is 35.2 Å². The molecular weight excluding hydrogens is 542 g/mol. The van der Waals surface area contributed by atoms with E-state index in [4.69, 9.17) is 25.8 Å². The fourth-order valence-corrected chi connectivity index (χ4v) is 4.60. The molecular formula is C31H28ClN5O4. The highest BCUT2D eigenvalue weighted by molar-refractivity contribution is 6.32. The maximum Gasteiger partial charge on any atom is 0.248 e. The summed E-state index contributed by atoms with van der Waals surface area (Å²) in [4.78, 5) is 21.6. The molecule has 0 aliphatic carbocycles. The molecule has 1 atom stereocenters. The van der Waals surface area contributed by atoms with Crippen LogP contribution in [0.5, 0.6) is 11.5 Å². The van der Waals surface area contributed by atoms with Gasteiger partial charge in [-0.3, -0.25) is 14.8 Å². The summed E-state index contributed by atoms with van der Waals surface area (Å²) in [5, 5.41) is 17.2. The van der Waals surface area contributed by atoms with Gasteiger partial charge in [0.05, 0.1) is 40.7 Å². The number of aromatic nitrogens is 2. The van der Waals surface area contributed by atoms with Crippen molar-refractivity contribution < 1.29 is 19.0 Å². The standard InChI is InChI=1S/C31H28ClN5O4/c1-19(2)13-28(38)37-31-27(41-23-10-12-39-18-23)9-7-24-29(20(15-33)16-35-30(24)31)36-21-6-8-26(25(32)14-21)40-17-22-5-3-4-11-34-22/h3-9,11,13-14,16,23H,10,12,17-18H2,1-2H3,(H,35,36)(H,37,38). The molecule has 1 amide bonds. The van der Waals surface area contributed by atoms with E-state index in [1.54, 1.807) is 24.4 Å². The first-order chi connectivity index (χ1) is 19.9. The molecule has 0 bridgehead atoms. The maximum absolute atomic E-state index is 12.8. The lowest BCUT2D eigenvalue weighted by Gasteiger charge is -2.19. The number of benzene rings is 2. The minimum atomic E-state index is -0.307. The largest absolute Gasteiger partial charge is 0.486 e. The Morgan fingerprint density at radius 2 is 2.02 bits per heavy atom. The number of carbonyl (C=O) groups is 1. The maximum atomic E-state index is 12.8. The molecule has 1 fully saturated rings. The third-order valence-electron chi connectivity index (χ3n) is 6.27. The summed E-state index contributed by atoms with van der Waals surface area (Å²) >= 11 is 6.54. The number of anilines is 3. The van der Waals surface area contributed by atoms with E-state index in [9.17, 15) is 10.1 Å². The van der Waals surface area contributed by atoms with Crippen LogP contribution < -0.4 is 20.1 Å². The molecule has 9 nitrogen and oxygen atoms in total. The predicted octanol–water partition coefficient (Wildman–Crippen LogP) is 6.55. The van der Waals surface area contributed by atoms with E-state index in [1.807, 2.05) is 44.2 Å². The average Bonchev–Trinajstić information content (AvgIpc) is 3.47. The first kappa shape index (κ1) is 27.9. The van der Waals surface area contributed by atoms with Crippen LogP contribution in [0.15, 0.2) is 72.6 Å². The van der Waals surface area contributed by atoms with E-state index in [1.165, 1.54) is 12.3 Å². The highest BCUT2D eigenvalue weighted by Crippen LogP contribution is 2.39. The van der Waals surface area contributed by atoms with Crippen LogP contribution in [0.1, 0.15) is 31.5 Å². The molecule has 2 aromatic carbocycles. The fourth-order valence-electron chi connectivity index (χ4n) is 4.37. The monoisotopic (exact) mass is 569 g/mol.